The van der Waals surface area contributed by atoms with Crippen molar-refractivity contribution in [3.63, 3.8) is 0 Å². The van der Waals surface area contributed by atoms with E-state index in [1.54, 1.807) is 0 Å². The lowest BCUT2D eigenvalue weighted by molar-refractivity contribution is -0.120. The third kappa shape index (κ3) is 4.79. The van der Waals surface area contributed by atoms with Crippen molar-refractivity contribution in [2.75, 3.05) is 24.1 Å². The summed E-state index contributed by atoms with van der Waals surface area (Å²) in [6.07, 6.45) is 5.07. The Labute approximate surface area is 189 Å². The number of nitrogens with zero attached hydrogens (tertiary/aromatic N) is 1. The number of benzene rings is 2. The first-order valence-corrected chi connectivity index (χ1v) is 13.7. The zero-order valence-corrected chi connectivity index (χ0v) is 19.5. The monoisotopic (exact) mass is 474 g/mol. The average molecular weight is 475 g/mol. The molecule has 1 saturated carbocycles. The molecule has 32 heavy (non-hydrogen) atoms. The van der Waals surface area contributed by atoms with Crippen LogP contribution < -0.4 is 4.72 Å². The molecular weight excluding hydrogens is 448 g/mol. The Hall–Kier alpha value is -2.49. The quantitative estimate of drug-likeness (QED) is 0.649. The highest BCUT2D eigenvalue weighted by Gasteiger charge is 2.45. The third-order valence-electron chi connectivity index (χ3n) is 6.15. The molecule has 0 bridgehead atoms. The molecule has 0 radical (unpaired) electrons. The van der Waals surface area contributed by atoms with Crippen molar-refractivity contribution in [2.45, 2.75) is 30.6 Å². The molecular formula is C23H26N2O5S2. The van der Waals surface area contributed by atoms with E-state index < -0.39 is 25.5 Å². The summed E-state index contributed by atoms with van der Waals surface area (Å²) in [5, 5.41) is 0. The van der Waals surface area contributed by atoms with Gasteiger partial charge in [-0.1, -0.05) is 42.0 Å². The maximum Gasteiger partial charge on any atom is 0.243 e. The Kier molecular flexibility index (Phi) is 6.00. The second-order valence-corrected chi connectivity index (χ2v) is 12.3. The number of fused-ring (bicyclic) bond motifs is 1. The lowest BCUT2D eigenvalue weighted by Crippen LogP contribution is -2.49. The highest BCUT2D eigenvalue weighted by Crippen LogP contribution is 2.46. The largest absolute Gasteiger partial charge is 0.299 e. The fourth-order valence-corrected chi connectivity index (χ4v) is 6.63. The van der Waals surface area contributed by atoms with E-state index in [2.05, 4.69) is 4.72 Å². The molecule has 1 aliphatic carbocycles. The smallest absolute Gasteiger partial charge is 0.243 e. The van der Waals surface area contributed by atoms with Crippen molar-refractivity contribution in [3.05, 3.63) is 71.8 Å². The minimum absolute atomic E-state index is 0.107. The number of hydrogen-bond acceptors (Lipinski definition) is 5. The Morgan fingerprint density at radius 1 is 1.00 bits per heavy atom. The Morgan fingerprint density at radius 3 is 2.34 bits per heavy atom. The molecule has 0 amide bonds. The fraction of sp³-hybridized carbons (Fsp3) is 0.348. The number of rotatable bonds is 6. The molecule has 9 heteroatoms. The Morgan fingerprint density at radius 2 is 1.69 bits per heavy atom. The summed E-state index contributed by atoms with van der Waals surface area (Å²) in [6, 6.07) is 15.7. The minimum atomic E-state index is -3.79. The van der Waals surface area contributed by atoms with E-state index in [1.807, 2.05) is 36.4 Å². The highest BCUT2D eigenvalue weighted by atomic mass is 32.2. The second-order valence-electron chi connectivity index (χ2n) is 8.58. The van der Waals surface area contributed by atoms with E-state index in [-0.39, 0.29) is 17.2 Å². The van der Waals surface area contributed by atoms with E-state index in [4.69, 9.17) is 0 Å². The first-order valence-electron chi connectivity index (χ1n) is 10.4. The van der Waals surface area contributed by atoms with Gasteiger partial charge in [-0.2, -0.15) is 4.31 Å². The number of sulfonamides is 2. The number of carbonyl (C=O) groups excluding carboxylic acids is 1. The summed E-state index contributed by atoms with van der Waals surface area (Å²) in [7, 11) is -7.24. The van der Waals surface area contributed by atoms with Gasteiger partial charge >= 0.3 is 0 Å². The molecule has 1 fully saturated rings. The van der Waals surface area contributed by atoms with Crippen molar-refractivity contribution in [2.24, 2.45) is 5.41 Å². The zero-order valence-electron chi connectivity index (χ0n) is 17.8. The van der Waals surface area contributed by atoms with E-state index >= 15 is 0 Å². The van der Waals surface area contributed by atoms with Gasteiger partial charge < -0.3 is 0 Å². The molecule has 1 unspecified atom stereocenters. The summed E-state index contributed by atoms with van der Waals surface area (Å²) in [4.78, 5) is 12.2. The van der Waals surface area contributed by atoms with E-state index in [1.165, 1.54) is 28.6 Å². The Balaban J connectivity index is 1.63. The van der Waals surface area contributed by atoms with Crippen molar-refractivity contribution >= 4 is 31.5 Å². The lowest BCUT2D eigenvalue weighted by Gasteiger charge is -2.45. The normalized spacial score (nSPS) is 22.2. The van der Waals surface area contributed by atoms with E-state index in [9.17, 15) is 21.6 Å². The maximum absolute atomic E-state index is 13.4. The molecule has 0 aromatic heterocycles. The number of hydrogen-bond donors (Lipinski definition) is 1. The number of nitrogens with one attached hydrogen (secondary N) is 1. The van der Waals surface area contributed by atoms with Crippen LogP contribution in [-0.2, 0) is 31.3 Å². The summed E-state index contributed by atoms with van der Waals surface area (Å²) < 4.78 is 53.4. The molecule has 1 atom stereocenters. The molecule has 2 aromatic carbocycles. The molecule has 1 aliphatic heterocycles. The van der Waals surface area contributed by atoms with E-state index in [0.717, 1.165) is 17.4 Å². The maximum atomic E-state index is 13.4. The molecule has 1 N–H and O–H groups in total. The number of carbonyl (C=O) groups is 1. The molecule has 0 spiro atoms. The van der Waals surface area contributed by atoms with E-state index in [0.29, 0.717) is 37.9 Å². The number of ketones is 1. The van der Waals surface area contributed by atoms with Crippen molar-refractivity contribution in [3.8, 4) is 0 Å². The van der Waals surface area contributed by atoms with Crippen LogP contribution in [0.25, 0.3) is 0 Å². The summed E-state index contributed by atoms with van der Waals surface area (Å²) in [5.41, 5.74) is 2.05. The first kappa shape index (κ1) is 22.7. The van der Waals surface area contributed by atoms with Gasteiger partial charge in [-0.3, -0.25) is 9.52 Å². The predicted octanol–water partition coefficient (Wildman–Crippen LogP) is 2.97. The fourth-order valence-electron chi connectivity index (χ4n) is 4.60. The van der Waals surface area contributed by atoms with Gasteiger partial charge in [0.05, 0.1) is 11.2 Å². The summed E-state index contributed by atoms with van der Waals surface area (Å²) in [5.74, 6) is 0.199. The van der Waals surface area contributed by atoms with Crippen LogP contribution in [0.1, 0.15) is 24.8 Å². The third-order valence-corrected chi connectivity index (χ3v) is 8.58. The topological polar surface area (TPSA) is 101 Å². The molecule has 4 rings (SSSR count). The second kappa shape index (κ2) is 8.46. The minimum Gasteiger partial charge on any atom is -0.299 e. The standard InChI is InChI=1S/C23H26N2O5S2/c1-31(27,28)24-20-7-9-22(10-8-20)32(29,30)25-14-12-19-15-21(26)11-13-23(19,17-25)16-18-5-3-2-4-6-18/h2-10,12,24H,11,13-17H2,1H3. The highest BCUT2D eigenvalue weighted by molar-refractivity contribution is 7.92. The zero-order chi connectivity index (χ0) is 23.0. The Bertz CT molecular complexity index is 1250. The molecule has 170 valence electrons. The number of anilines is 1. The van der Waals surface area contributed by atoms with Crippen LogP contribution >= 0.6 is 0 Å². The SMILES string of the molecule is CS(=O)(=O)Nc1ccc(S(=O)(=O)N2CC=C3CC(=O)CCC3(Cc3ccccc3)C2)cc1. The van der Waals surface area contributed by atoms with Crippen LogP contribution in [0.3, 0.4) is 0 Å². The van der Waals surface area contributed by atoms with Crippen molar-refractivity contribution in [1.82, 2.24) is 4.31 Å². The van der Waals surface area contributed by atoms with Crippen LogP contribution in [0.2, 0.25) is 0 Å². The van der Waals surface area contributed by atoms with Crippen LogP contribution in [0.5, 0.6) is 0 Å². The molecule has 0 saturated heterocycles. The molecule has 2 aliphatic rings. The van der Waals surface area contributed by atoms with Crippen LogP contribution in [0.4, 0.5) is 5.69 Å². The molecule has 1 heterocycles. The lowest BCUT2D eigenvalue weighted by atomic mass is 9.65. The van der Waals surface area contributed by atoms with Gasteiger partial charge in [0.25, 0.3) is 0 Å². The van der Waals surface area contributed by atoms with Gasteiger partial charge in [-0.15, -0.1) is 0 Å². The van der Waals surface area contributed by atoms with Gasteiger partial charge in [-0.25, -0.2) is 16.8 Å². The van der Waals surface area contributed by atoms with Gasteiger partial charge in [0.2, 0.25) is 20.0 Å². The van der Waals surface area contributed by atoms with Crippen LogP contribution in [-0.4, -0.2) is 46.3 Å². The predicted molar refractivity (Wildman–Crippen MR) is 123 cm³/mol. The van der Waals surface area contributed by atoms with Crippen molar-refractivity contribution in [1.29, 1.82) is 0 Å². The van der Waals surface area contributed by atoms with Gasteiger partial charge in [0, 0.05) is 37.0 Å². The molecule has 7 nitrogen and oxygen atoms in total. The summed E-state index contributed by atoms with van der Waals surface area (Å²) >= 11 is 0. The van der Waals surface area contributed by atoms with Gasteiger partial charge in [0.1, 0.15) is 5.78 Å². The van der Waals surface area contributed by atoms with Crippen LogP contribution in [0.15, 0.2) is 71.1 Å². The first-order chi connectivity index (χ1) is 15.1. The number of Topliss-reactive ketones (excluding diaryl/α,β-unsaturated/α-hetero) is 1. The van der Waals surface area contributed by atoms with Crippen LogP contribution in [0, 0.1) is 5.41 Å². The van der Waals surface area contributed by atoms with Gasteiger partial charge in [0.15, 0.2) is 0 Å². The average Bonchev–Trinajstić information content (AvgIpc) is 2.73. The van der Waals surface area contributed by atoms with Gasteiger partial charge in [-0.05, 0) is 42.7 Å². The molecule has 2 aromatic rings. The van der Waals surface area contributed by atoms with Crippen molar-refractivity contribution < 1.29 is 21.6 Å². The summed E-state index contributed by atoms with van der Waals surface area (Å²) in [6.45, 7) is 0.525.